The number of thioether (sulfide) groups is 1. The molecule has 1 aliphatic carbocycles. The van der Waals surface area contributed by atoms with Gasteiger partial charge < -0.3 is 9.88 Å². The van der Waals surface area contributed by atoms with Crippen LogP contribution in [0.5, 0.6) is 0 Å². The number of thiophene rings is 1. The van der Waals surface area contributed by atoms with Crippen molar-refractivity contribution in [2.24, 2.45) is 0 Å². The van der Waals surface area contributed by atoms with Gasteiger partial charge in [0.15, 0.2) is 11.0 Å². The molecule has 1 N–H and O–H groups in total. The van der Waals surface area contributed by atoms with Crippen LogP contribution >= 0.6 is 50.6 Å². The van der Waals surface area contributed by atoms with Crippen LogP contribution in [0.2, 0.25) is 5.02 Å². The molecule has 0 aliphatic heterocycles. The van der Waals surface area contributed by atoms with Gasteiger partial charge in [-0.2, -0.15) is 0 Å². The smallest absolute Gasteiger partial charge is 0.234 e. The second kappa shape index (κ2) is 9.85. The molecule has 0 saturated heterocycles. The molecule has 0 saturated carbocycles. The zero-order valence-electron chi connectivity index (χ0n) is 16.6. The van der Waals surface area contributed by atoms with Crippen molar-refractivity contribution >= 4 is 62.2 Å². The SMILES string of the molecule is CCCn1c(SCC(=O)Nc2ccc(Br)cc2Cl)nnc1-c1csc2c1CCCC2. The molecule has 2 aromatic heterocycles. The van der Waals surface area contributed by atoms with E-state index in [0.717, 1.165) is 34.8 Å². The van der Waals surface area contributed by atoms with Gasteiger partial charge in [0, 0.05) is 26.8 Å². The number of nitrogens with zero attached hydrogens (tertiary/aromatic N) is 3. The van der Waals surface area contributed by atoms with E-state index in [-0.39, 0.29) is 11.7 Å². The maximum Gasteiger partial charge on any atom is 0.234 e. The van der Waals surface area contributed by atoms with Crippen molar-refractivity contribution in [3.05, 3.63) is 43.5 Å². The van der Waals surface area contributed by atoms with Crippen LogP contribution in [-0.2, 0) is 24.2 Å². The van der Waals surface area contributed by atoms with E-state index in [2.05, 4.69) is 48.3 Å². The summed E-state index contributed by atoms with van der Waals surface area (Å²) in [6.45, 7) is 2.97. The average molecular weight is 526 g/mol. The molecule has 158 valence electrons. The van der Waals surface area contributed by atoms with E-state index in [4.69, 9.17) is 11.6 Å². The number of fused-ring (bicyclic) bond motifs is 1. The van der Waals surface area contributed by atoms with E-state index in [1.54, 1.807) is 12.1 Å². The number of amides is 1. The third-order valence-electron chi connectivity index (χ3n) is 5.00. The summed E-state index contributed by atoms with van der Waals surface area (Å²) in [7, 11) is 0. The zero-order valence-corrected chi connectivity index (χ0v) is 20.6. The minimum atomic E-state index is -0.121. The van der Waals surface area contributed by atoms with Gasteiger partial charge in [-0.05, 0) is 55.9 Å². The van der Waals surface area contributed by atoms with Gasteiger partial charge >= 0.3 is 0 Å². The fourth-order valence-corrected chi connectivity index (χ4v) is 6.22. The zero-order chi connectivity index (χ0) is 21.1. The number of aromatic nitrogens is 3. The molecule has 0 spiro atoms. The largest absolute Gasteiger partial charge is 0.324 e. The minimum absolute atomic E-state index is 0.121. The molecule has 9 heteroatoms. The summed E-state index contributed by atoms with van der Waals surface area (Å²) in [6.07, 6.45) is 5.77. The topological polar surface area (TPSA) is 59.8 Å². The van der Waals surface area contributed by atoms with Gasteiger partial charge in [-0.1, -0.05) is 46.2 Å². The molecule has 1 aromatic carbocycles. The molecule has 0 bridgehead atoms. The maximum absolute atomic E-state index is 12.5. The second-order valence-electron chi connectivity index (χ2n) is 7.18. The third kappa shape index (κ3) is 4.77. The number of hydrogen-bond acceptors (Lipinski definition) is 5. The van der Waals surface area contributed by atoms with Crippen molar-refractivity contribution in [3.63, 3.8) is 0 Å². The van der Waals surface area contributed by atoms with Crippen LogP contribution in [0.15, 0.2) is 33.2 Å². The lowest BCUT2D eigenvalue weighted by atomic mass is 9.95. The monoisotopic (exact) mass is 524 g/mol. The Balaban J connectivity index is 1.49. The molecular weight excluding hydrogens is 504 g/mol. The summed E-state index contributed by atoms with van der Waals surface area (Å²) in [6, 6.07) is 5.39. The van der Waals surface area contributed by atoms with Crippen LogP contribution in [0.3, 0.4) is 0 Å². The molecule has 3 aromatic rings. The number of halogens is 2. The molecule has 2 heterocycles. The summed E-state index contributed by atoms with van der Waals surface area (Å²) in [5, 5.41) is 15.3. The van der Waals surface area contributed by atoms with Gasteiger partial charge in [-0.3, -0.25) is 4.79 Å². The summed E-state index contributed by atoms with van der Waals surface area (Å²) in [4.78, 5) is 13.9. The molecule has 0 radical (unpaired) electrons. The number of carbonyl (C=O) groups is 1. The number of aryl methyl sites for hydroxylation is 1. The lowest BCUT2D eigenvalue weighted by Crippen LogP contribution is -2.15. The predicted molar refractivity (Wildman–Crippen MR) is 129 cm³/mol. The maximum atomic E-state index is 12.5. The molecule has 30 heavy (non-hydrogen) atoms. The van der Waals surface area contributed by atoms with Crippen LogP contribution in [0.25, 0.3) is 11.4 Å². The Hall–Kier alpha value is -1.35. The minimum Gasteiger partial charge on any atom is -0.324 e. The van der Waals surface area contributed by atoms with E-state index in [9.17, 15) is 4.79 Å². The van der Waals surface area contributed by atoms with E-state index in [1.165, 1.54) is 47.0 Å². The lowest BCUT2D eigenvalue weighted by Gasteiger charge is -2.13. The second-order valence-corrected chi connectivity index (χ2v) is 10.4. The van der Waals surface area contributed by atoms with Crippen LogP contribution in [0.1, 0.15) is 36.6 Å². The molecule has 1 aliphatic rings. The molecule has 0 atom stereocenters. The van der Waals surface area contributed by atoms with Crippen molar-refractivity contribution in [2.75, 3.05) is 11.1 Å². The van der Waals surface area contributed by atoms with Crippen molar-refractivity contribution in [1.29, 1.82) is 0 Å². The Morgan fingerprint density at radius 2 is 2.17 bits per heavy atom. The van der Waals surface area contributed by atoms with Gasteiger partial charge in [-0.15, -0.1) is 21.5 Å². The quantitative estimate of drug-likeness (QED) is 0.361. The standard InChI is InChI=1S/C21H22BrClN4OS2/c1-2-9-27-20(15-11-29-18-6-4-3-5-14(15)18)25-26-21(27)30-12-19(28)24-17-8-7-13(22)10-16(17)23/h7-8,10-11H,2-6,9,12H2,1H3,(H,24,28). The lowest BCUT2D eigenvalue weighted by molar-refractivity contribution is -0.113. The predicted octanol–water partition coefficient (Wildman–Crippen LogP) is 6.44. The molecule has 0 fully saturated rings. The summed E-state index contributed by atoms with van der Waals surface area (Å²) in [5.41, 5.74) is 3.26. The van der Waals surface area contributed by atoms with Gasteiger partial charge in [0.25, 0.3) is 0 Å². The third-order valence-corrected chi connectivity index (χ3v) is 7.87. The molecular formula is C21H22BrClN4OS2. The average Bonchev–Trinajstić information content (AvgIpc) is 3.33. The first-order chi connectivity index (χ1) is 14.6. The Kier molecular flexibility index (Phi) is 7.18. The number of rotatable bonds is 7. The normalized spacial score (nSPS) is 13.3. The highest BCUT2D eigenvalue weighted by Crippen LogP contribution is 2.37. The summed E-state index contributed by atoms with van der Waals surface area (Å²) < 4.78 is 3.03. The highest BCUT2D eigenvalue weighted by atomic mass is 79.9. The van der Waals surface area contributed by atoms with Gasteiger partial charge in [-0.25, -0.2) is 0 Å². The van der Waals surface area contributed by atoms with Crippen LogP contribution in [0, 0.1) is 0 Å². The van der Waals surface area contributed by atoms with E-state index < -0.39 is 0 Å². The highest BCUT2D eigenvalue weighted by molar-refractivity contribution is 9.10. The highest BCUT2D eigenvalue weighted by Gasteiger charge is 2.22. The first kappa shape index (κ1) is 21.9. The first-order valence-electron chi connectivity index (χ1n) is 9.97. The Bertz CT molecular complexity index is 1070. The number of carbonyl (C=O) groups excluding carboxylic acids is 1. The number of hydrogen-bond donors (Lipinski definition) is 1. The van der Waals surface area contributed by atoms with Crippen LogP contribution in [0.4, 0.5) is 5.69 Å². The van der Waals surface area contributed by atoms with Crippen LogP contribution in [-0.4, -0.2) is 26.4 Å². The van der Waals surface area contributed by atoms with Crippen molar-refractivity contribution in [3.8, 4) is 11.4 Å². The fourth-order valence-electron chi connectivity index (χ4n) is 3.61. The number of benzene rings is 1. The van der Waals surface area contributed by atoms with E-state index >= 15 is 0 Å². The van der Waals surface area contributed by atoms with Gasteiger partial charge in [0.2, 0.25) is 5.91 Å². The summed E-state index contributed by atoms with van der Waals surface area (Å²) in [5.74, 6) is 1.05. The molecule has 0 unspecified atom stereocenters. The number of anilines is 1. The van der Waals surface area contributed by atoms with Crippen molar-refractivity contribution < 1.29 is 4.79 Å². The summed E-state index contributed by atoms with van der Waals surface area (Å²) >= 11 is 12.8. The molecule has 5 nitrogen and oxygen atoms in total. The Labute approximate surface area is 197 Å². The first-order valence-corrected chi connectivity index (χ1v) is 13.0. The molecule has 4 rings (SSSR count). The van der Waals surface area contributed by atoms with Crippen LogP contribution < -0.4 is 5.32 Å². The van der Waals surface area contributed by atoms with Crippen molar-refractivity contribution in [2.45, 2.75) is 50.7 Å². The van der Waals surface area contributed by atoms with Gasteiger partial charge in [0.1, 0.15) is 0 Å². The van der Waals surface area contributed by atoms with Crippen molar-refractivity contribution in [1.82, 2.24) is 14.8 Å². The fraction of sp³-hybridized carbons (Fsp3) is 0.381. The van der Waals surface area contributed by atoms with Gasteiger partial charge in [0.05, 0.1) is 16.5 Å². The number of nitrogens with one attached hydrogen (secondary N) is 1. The Morgan fingerprint density at radius 1 is 1.33 bits per heavy atom. The van der Waals surface area contributed by atoms with E-state index in [1.807, 2.05) is 17.4 Å². The molecule has 1 amide bonds. The Morgan fingerprint density at radius 3 is 2.97 bits per heavy atom. The van der Waals surface area contributed by atoms with E-state index in [0.29, 0.717) is 10.7 Å².